The van der Waals surface area contributed by atoms with Crippen molar-refractivity contribution in [3.05, 3.63) is 50.9 Å². The molecule has 2 aromatic rings. The Morgan fingerprint density at radius 3 is 2.78 bits per heavy atom. The molecule has 27 heavy (non-hydrogen) atoms. The summed E-state index contributed by atoms with van der Waals surface area (Å²) in [5.74, 6) is 0.469. The Bertz CT molecular complexity index is 933. The fourth-order valence-corrected chi connectivity index (χ4v) is 2.54. The Balaban J connectivity index is 1.48. The van der Waals surface area contributed by atoms with E-state index in [1.165, 1.54) is 0 Å². The van der Waals surface area contributed by atoms with Gasteiger partial charge in [0.1, 0.15) is 18.2 Å². The first-order valence-corrected chi connectivity index (χ1v) is 8.57. The van der Waals surface area contributed by atoms with E-state index >= 15 is 0 Å². The molecule has 1 unspecified atom stereocenters. The number of benzene rings is 1. The number of aromatic nitrogens is 2. The second-order valence-electron chi connectivity index (χ2n) is 5.53. The quantitative estimate of drug-likeness (QED) is 0.780. The zero-order chi connectivity index (χ0) is 19.4. The highest BCUT2D eigenvalue weighted by Crippen LogP contribution is 2.30. The van der Waals surface area contributed by atoms with Gasteiger partial charge >= 0.3 is 6.03 Å². The van der Waals surface area contributed by atoms with E-state index in [-0.39, 0.29) is 23.2 Å². The van der Waals surface area contributed by atoms with Crippen LogP contribution >= 0.6 is 23.2 Å². The minimum absolute atomic E-state index is 0.0210. The zero-order valence-corrected chi connectivity index (χ0v) is 15.3. The van der Waals surface area contributed by atoms with Gasteiger partial charge in [-0.05, 0) is 12.1 Å². The van der Waals surface area contributed by atoms with Gasteiger partial charge < -0.3 is 14.8 Å². The summed E-state index contributed by atoms with van der Waals surface area (Å²) in [6, 6.07) is 6.43. The van der Waals surface area contributed by atoms with Crippen LogP contribution in [0.25, 0.3) is 0 Å². The Morgan fingerprint density at radius 1 is 1.26 bits per heavy atom. The van der Waals surface area contributed by atoms with Crippen LogP contribution in [0.4, 0.5) is 4.79 Å². The average Bonchev–Trinajstić information content (AvgIpc) is 2.66. The Morgan fingerprint density at radius 2 is 2.00 bits per heavy atom. The molecule has 2 N–H and O–H groups in total. The summed E-state index contributed by atoms with van der Waals surface area (Å²) in [5, 5.41) is 8.00. The summed E-state index contributed by atoms with van der Waals surface area (Å²) in [4.78, 5) is 35.5. The van der Waals surface area contributed by atoms with Gasteiger partial charge in [0.25, 0.3) is 5.56 Å². The molecule has 0 fully saturated rings. The second-order valence-corrected chi connectivity index (χ2v) is 6.31. The first kappa shape index (κ1) is 19.0. The van der Waals surface area contributed by atoms with Crippen LogP contribution < -0.4 is 25.7 Å². The van der Waals surface area contributed by atoms with E-state index in [9.17, 15) is 14.4 Å². The zero-order valence-electron chi connectivity index (χ0n) is 13.8. The van der Waals surface area contributed by atoms with Crippen LogP contribution in [0.5, 0.6) is 11.5 Å². The molecule has 11 heteroatoms. The summed E-state index contributed by atoms with van der Waals surface area (Å²) >= 11 is 11.4. The number of nitrogens with zero attached hydrogens (tertiary/aromatic N) is 2. The maximum atomic E-state index is 11.9. The van der Waals surface area contributed by atoms with Crippen LogP contribution in [0.1, 0.15) is 0 Å². The molecule has 0 radical (unpaired) electrons. The molecule has 3 amide bonds. The third-order valence-corrected chi connectivity index (χ3v) is 4.30. The van der Waals surface area contributed by atoms with Crippen molar-refractivity contribution in [3.8, 4) is 11.5 Å². The van der Waals surface area contributed by atoms with Crippen molar-refractivity contribution in [3.63, 3.8) is 0 Å². The molecular weight excluding hydrogens is 399 g/mol. The normalized spacial score (nSPS) is 15.1. The van der Waals surface area contributed by atoms with Crippen LogP contribution in [0.15, 0.2) is 35.3 Å². The number of hydrogen-bond donors (Lipinski definition) is 2. The predicted octanol–water partition coefficient (Wildman–Crippen LogP) is 1.22. The predicted molar refractivity (Wildman–Crippen MR) is 96.4 cm³/mol. The van der Waals surface area contributed by atoms with Gasteiger partial charge in [0.15, 0.2) is 17.6 Å². The number of rotatable bonds is 4. The Labute approximate surface area is 163 Å². The van der Waals surface area contributed by atoms with Crippen molar-refractivity contribution in [1.82, 2.24) is 20.4 Å². The number of ether oxygens (including phenoxy) is 2. The number of carbonyl (C=O) groups is 2. The van der Waals surface area contributed by atoms with E-state index in [0.717, 1.165) is 10.9 Å². The number of imide groups is 1. The molecule has 1 aromatic carbocycles. The molecule has 142 valence electrons. The summed E-state index contributed by atoms with van der Waals surface area (Å²) in [6.45, 7) is -0.105. The maximum Gasteiger partial charge on any atom is 0.321 e. The second kappa shape index (κ2) is 8.28. The third kappa shape index (κ3) is 4.69. The van der Waals surface area contributed by atoms with Gasteiger partial charge in [-0.1, -0.05) is 35.3 Å². The van der Waals surface area contributed by atoms with Crippen molar-refractivity contribution in [1.29, 1.82) is 0 Å². The lowest BCUT2D eigenvalue weighted by molar-refractivity contribution is -0.120. The number of urea groups is 1. The van der Waals surface area contributed by atoms with Crippen LogP contribution in [-0.4, -0.2) is 41.0 Å². The highest BCUT2D eigenvalue weighted by Gasteiger charge is 2.21. The molecule has 0 spiro atoms. The molecule has 9 nitrogen and oxygen atoms in total. The maximum absolute atomic E-state index is 11.9. The smallest absolute Gasteiger partial charge is 0.321 e. The van der Waals surface area contributed by atoms with Crippen LogP contribution in [0, 0.1) is 0 Å². The first-order valence-electron chi connectivity index (χ1n) is 7.81. The lowest BCUT2D eigenvalue weighted by Gasteiger charge is -2.26. The molecule has 1 aliphatic rings. The standard InChI is InChI=1S/C16H14Cl2N4O5/c17-10-6-20-22(15(24)14(10)18)7-13(23)21-16(25)19-5-9-8-26-11-3-1-2-4-12(11)27-9/h1-4,6,9H,5,7-8H2,(H2,19,21,23,25). The van der Waals surface area contributed by atoms with Gasteiger partial charge in [0.2, 0.25) is 5.91 Å². The largest absolute Gasteiger partial charge is 0.486 e. The summed E-state index contributed by atoms with van der Waals surface area (Å²) in [6.07, 6.45) is 0.733. The van der Waals surface area contributed by atoms with E-state index in [0.29, 0.717) is 11.5 Å². The fraction of sp³-hybridized carbons (Fsp3) is 0.250. The van der Waals surface area contributed by atoms with Crippen molar-refractivity contribution in [2.45, 2.75) is 12.6 Å². The first-order chi connectivity index (χ1) is 12.9. The molecule has 1 aromatic heterocycles. The third-order valence-electron chi connectivity index (χ3n) is 3.55. The van der Waals surface area contributed by atoms with Gasteiger partial charge in [0, 0.05) is 0 Å². The number of fused-ring (bicyclic) bond motifs is 1. The molecule has 0 saturated heterocycles. The van der Waals surface area contributed by atoms with Crippen LogP contribution in [-0.2, 0) is 11.3 Å². The molecular formula is C16H14Cl2N4O5. The minimum Gasteiger partial charge on any atom is -0.486 e. The molecule has 2 heterocycles. The Hall–Kier alpha value is -2.78. The van der Waals surface area contributed by atoms with Gasteiger partial charge in [-0.25, -0.2) is 9.48 Å². The van der Waals surface area contributed by atoms with Gasteiger partial charge in [-0.15, -0.1) is 0 Å². The van der Waals surface area contributed by atoms with E-state index in [4.69, 9.17) is 32.7 Å². The number of hydrogen-bond acceptors (Lipinski definition) is 6. The number of nitrogens with one attached hydrogen (secondary N) is 2. The van der Waals surface area contributed by atoms with Gasteiger partial charge in [-0.3, -0.25) is 14.9 Å². The summed E-state index contributed by atoms with van der Waals surface area (Å²) < 4.78 is 12.0. The topological polar surface area (TPSA) is 112 Å². The van der Waals surface area contributed by atoms with Crippen LogP contribution in [0.2, 0.25) is 10.0 Å². The molecule has 1 atom stereocenters. The number of para-hydroxylation sites is 2. The van der Waals surface area contributed by atoms with E-state index in [1.54, 1.807) is 12.1 Å². The van der Waals surface area contributed by atoms with Crippen LogP contribution in [0.3, 0.4) is 0 Å². The van der Waals surface area contributed by atoms with Crippen molar-refractivity contribution in [2.24, 2.45) is 0 Å². The number of halogens is 2. The molecule has 0 aliphatic carbocycles. The molecule has 0 saturated carbocycles. The number of carbonyl (C=O) groups excluding carboxylic acids is 2. The van der Waals surface area contributed by atoms with Gasteiger partial charge in [0.05, 0.1) is 17.8 Å². The van der Waals surface area contributed by atoms with E-state index in [2.05, 4.69) is 15.7 Å². The lowest BCUT2D eigenvalue weighted by Crippen LogP contribution is -2.47. The summed E-state index contributed by atoms with van der Waals surface area (Å²) in [5.41, 5.74) is -0.730. The molecule has 3 rings (SSSR count). The van der Waals surface area contributed by atoms with Crippen molar-refractivity contribution < 1.29 is 19.1 Å². The van der Waals surface area contributed by atoms with Crippen molar-refractivity contribution in [2.75, 3.05) is 13.2 Å². The average molecular weight is 413 g/mol. The monoisotopic (exact) mass is 412 g/mol. The van der Waals surface area contributed by atoms with Gasteiger partial charge in [-0.2, -0.15) is 5.10 Å². The Kier molecular flexibility index (Phi) is 5.82. The van der Waals surface area contributed by atoms with Crippen molar-refractivity contribution >= 4 is 35.1 Å². The molecule has 1 aliphatic heterocycles. The van der Waals surface area contributed by atoms with E-state index < -0.39 is 30.1 Å². The van der Waals surface area contributed by atoms with E-state index in [1.807, 2.05) is 12.1 Å². The lowest BCUT2D eigenvalue weighted by atomic mass is 10.2. The highest BCUT2D eigenvalue weighted by molar-refractivity contribution is 6.41. The highest BCUT2D eigenvalue weighted by atomic mass is 35.5. The minimum atomic E-state index is -0.744. The fourth-order valence-electron chi connectivity index (χ4n) is 2.27. The summed E-state index contributed by atoms with van der Waals surface area (Å²) in [7, 11) is 0. The SMILES string of the molecule is O=C(Cn1ncc(Cl)c(Cl)c1=O)NC(=O)NCC1COc2ccccc2O1. The molecule has 0 bridgehead atoms. The number of amides is 3.